The molecule has 1 heterocycles. The third-order valence-electron chi connectivity index (χ3n) is 2.84. The van der Waals surface area contributed by atoms with Gasteiger partial charge in [-0.1, -0.05) is 12.1 Å². The minimum Gasteiger partial charge on any atom is -0.497 e. The molecule has 9 heteroatoms. The van der Waals surface area contributed by atoms with E-state index in [0.717, 1.165) is 11.3 Å². The van der Waals surface area contributed by atoms with Crippen LogP contribution in [0.15, 0.2) is 24.3 Å². The Morgan fingerprint density at radius 3 is 2.73 bits per heavy atom. The quantitative estimate of drug-likeness (QED) is 0.820. The van der Waals surface area contributed by atoms with Crippen LogP contribution < -0.4 is 10.5 Å². The number of carbonyl (C=O) groups excluding carboxylic acids is 1. The smallest absolute Gasteiger partial charge is 0.405 e. The van der Waals surface area contributed by atoms with E-state index in [1.807, 2.05) is 30.5 Å². The molecule has 0 fully saturated rings. The van der Waals surface area contributed by atoms with Crippen LogP contribution in [0.5, 0.6) is 5.75 Å². The number of amides is 1. The first-order valence-electron chi connectivity index (χ1n) is 6.48. The summed E-state index contributed by atoms with van der Waals surface area (Å²) >= 11 is 1.55. The molecule has 2 N–H and O–H groups in total. The Hall–Kier alpha value is -2.29. The molecule has 2 aromatic rings. The van der Waals surface area contributed by atoms with Crippen LogP contribution in [0.1, 0.15) is 17.5 Å². The van der Waals surface area contributed by atoms with Crippen molar-refractivity contribution in [1.29, 1.82) is 0 Å². The van der Waals surface area contributed by atoms with Gasteiger partial charge in [0, 0.05) is 6.42 Å². The number of methoxy groups -OCH3 is 1. The van der Waals surface area contributed by atoms with Gasteiger partial charge in [-0.2, -0.15) is 4.80 Å². The molecule has 0 bridgehead atoms. The Bertz CT molecular complexity index is 616. The second-order valence-corrected chi connectivity index (χ2v) is 5.25. The van der Waals surface area contributed by atoms with Crippen molar-refractivity contribution in [3.05, 3.63) is 35.7 Å². The van der Waals surface area contributed by atoms with Crippen molar-refractivity contribution >= 4 is 17.9 Å². The zero-order chi connectivity index (χ0) is 15.9. The lowest BCUT2D eigenvalue weighted by molar-refractivity contribution is 0.101. The predicted molar refractivity (Wildman–Crippen MR) is 81.4 cm³/mol. The van der Waals surface area contributed by atoms with Gasteiger partial charge in [-0.15, -0.1) is 22.0 Å². The van der Waals surface area contributed by atoms with Gasteiger partial charge in [0.05, 0.1) is 7.11 Å². The van der Waals surface area contributed by atoms with E-state index in [1.54, 1.807) is 18.9 Å². The minimum atomic E-state index is -0.875. The number of aromatic nitrogens is 4. The maximum atomic E-state index is 11.1. The van der Waals surface area contributed by atoms with Gasteiger partial charge in [-0.3, -0.25) is 0 Å². The number of hydrogen-bond donors (Lipinski definition) is 1. The monoisotopic (exact) mass is 323 g/mol. The Morgan fingerprint density at radius 1 is 1.41 bits per heavy atom. The molecular formula is C13H17N5O3S. The van der Waals surface area contributed by atoms with Crippen molar-refractivity contribution in [1.82, 2.24) is 20.2 Å². The summed E-state index contributed by atoms with van der Waals surface area (Å²) in [5.74, 6) is 1.64. The molecule has 1 atom stereocenters. The fourth-order valence-corrected chi connectivity index (χ4v) is 2.20. The van der Waals surface area contributed by atoms with Crippen molar-refractivity contribution in [2.75, 3.05) is 13.4 Å². The first-order chi connectivity index (χ1) is 10.6. The second-order valence-electron chi connectivity index (χ2n) is 4.42. The summed E-state index contributed by atoms with van der Waals surface area (Å²) in [6.07, 6.45) is 0.775. The highest BCUT2D eigenvalue weighted by Crippen LogP contribution is 2.21. The summed E-state index contributed by atoms with van der Waals surface area (Å²) in [6.45, 7) is 0. The molecule has 0 spiro atoms. The molecule has 0 saturated carbocycles. The summed E-state index contributed by atoms with van der Waals surface area (Å²) < 4.78 is 10.2. The molecular weight excluding hydrogens is 306 g/mol. The van der Waals surface area contributed by atoms with E-state index in [4.69, 9.17) is 15.2 Å². The molecule has 0 saturated heterocycles. The molecule has 1 unspecified atom stereocenters. The summed E-state index contributed by atoms with van der Waals surface area (Å²) in [5, 5.41) is 12.0. The summed E-state index contributed by atoms with van der Waals surface area (Å²) in [6, 6.07) is 7.41. The van der Waals surface area contributed by atoms with Crippen molar-refractivity contribution in [2.24, 2.45) is 5.73 Å². The fourth-order valence-electron chi connectivity index (χ4n) is 1.86. The maximum Gasteiger partial charge on any atom is 0.405 e. The van der Waals surface area contributed by atoms with E-state index in [1.165, 1.54) is 4.80 Å². The van der Waals surface area contributed by atoms with Crippen LogP contribution in [-0.4, -0.2) is 39.7 Å². The molecule has 2 rings (SSSR count). The summed E-state index contributed by atoms with van der Waals surface area (Å²) in [7, 11) is 1.60. The number of benzene rings is 1. The average molecular weight is 323 g/mol. The van der Waals surface area contributed by atoms with E-state index >= 15 is 0 Å². The number of thioether (sulfide) groups is 1. The van der Waals surface area contributed by atoms with Gasteiger partial charge in [0.25, 0.3) is 0 Å². The van der Waals surface area contributed by atoms with Gasteiger partial charge in [-0.25, -0.2) is 4.79 Å². The summed E-state index contributed by atoms with van der Waals surface area (Å²) in [4.78, 5) is 12.5. The normalized spacial score (nSPS) is 11.9. The Kier molecular flexibility index (Phi) is 5.59. The van der Waals surface area contributed by atoms with Gasteiger partial charge in [0.15, 0.2) is 6.10 Å². The molecule has 0 aliphatic carbocycles. The Labute approximate surface area is 132 Å². The van der Waals surface area contributed by atoms with Crippen LogP contribution in [0.3, 0.4) is 0 Å². The first-order valence-corrected chi connectivity index (χ1v) is 7.87. The average Bonchev–Trinajstić information content (AvgIpc) is 2.96. The molecule has 0 radical (unpaired) electrons. The fraction of sp³-hybridized carbons (Fsp3) is 0.385. The third-order valence-corrected chi connectivity index (χ3v) is 3.33. The molecule has 0 aliphatic rings. The number of ether oxygens (including phenoxy) is 2. The maximum absolute atomic E-state index is 11.1. The number of tetrazole rings is 1. The van der Waals surface area contributed by atoms with Crippen LogP contribution in [0, 0.1) is 0 Å². The van der Waals surface area contributed by atoms with Crippen molar-refractivity contribution < 1.29 is 14.3 Å². The highest BCUT2D eigenvalue weighted by atomic mass is 32.2. The van der Waals surface area contributed by atoms with Crippen molar-refractivity contribution in [3.63, 3.8) is 0 Å². The lowest BCUT2D eigenvalue weighted by Crippen LogP contribution is -2.20. The number of carbonyl (C=O) groups is 1. The highest BCUT2D eigenvalue weighted by Gasteiger charge is 2.21. The van der Waals surface area contributed by atoms with Crippen LogP contribution in [0.25, 0.3) is 0 Å². The van der Waals surface area contributed by atoms with Crippen LogP contribution in [0.2, 0.25) is 0 Å². The van der Waals surface area contributed by atoms with E-state index in [9.17, 15) is 4.79 Å². The number of primary amides is 1. The van der Waals surface area contributed by atoms with E-state index in [2.05, 4.69) is 15.4 Å². The van der Waals surface area contributed by atoms with Crippen molar-refractivity contribution in [2.45, 2.75) is 18.4 Å². The Balaban J connectivity index is 2.15. The van der Waals surface area contributed by atoms with Crippen LogP contribution in [-0.2, 0) is 17.0 Å². The van der Waals surface area contributed by atoms with Gasteiger partial charge in [0.2, 0.25) is 5.82 Å². The Morgan fingerprint density at radius 2 is 2.14 bits per heavy atom. The minimum absolute atomic E-state index is 0.323. The largest absolute Gasteiger partial charge is 0.497 e. The van der Waals surface area contributed by atoms with E-state index in [-0.39, 0.29) is 0 Å². The zero-order valence-corrected chi connectivity index (χ0v) is 13.1. The lowest BCUT2D eigenvalue weighted by atomic mass is 10.1. The lowest BCUT2D eigenvalue weighted by Gasteiger charge is -2.13. The standard InChI is InChI=1S/C13H17N5O3S/c1-20-10-5-3-9(4-6-10)7-11(21-13(14)19)12-15-17-18(16-12)8-22-2/h3-6,11H,7-8H2,1-2H3,(H2,14,19). The summed E-state index contributed by atoms with van der Waals surface area (Å²) in [5.41, 5.74) is 6.07. The van der Waals surface area contributed by atoms with Gasteiger partial charge >= 0.3 is 6.09 Å². The topological polar surface area (TPSA) is 105 Å². The van der Waals surface area contributed by atoms with Crippen molar-refractivity contribution in [3.8, 4) is 5.75 Å². The molecule has 1 aromatic carbocycles. The van der Waals surface area contributed by atoms with Gasteiger partial charge in [0.1, 0.15) is 11.6 Å². The first kappa shape index (κ1) is 16.1. The molecule has 22 heavy (non-hydrogen) atoms. The SMILES string of the molecule is COc1ccc(CC(OC(N)=O)c2nnn(CSC)n2)cc1. The number of nitrogens with zero attached hydrogens (tertiary/aromatic N) is 4. The number of nitrogens with two attached hydrogens (primary N) is 1. The molecule has 118 valence electrons. The van der Waals surface area contributed by atoms with Gasteiger partial charge in [-0.05, 0) is 29.2 Å². The predicted octanol–water partition coefficient (Wildman–Crippen LogP) is 1.38. The highest BCUT2D eigenvalue weighted by molar-refractivity contribution is 7.97. The number of rotatable bonds is 7. The third kappa shape index (κ3) is 4.35. The number of hydrogen-bond acceptors (Lipinski definition) is 7. The van der Waals surface area contributed by atoms with Gasteiger partial charge < -0.3 is 15.2 Å². The van der Waals surface area contributed by atoms with Crippen LogP contribution >= 0.6 is 11.8 Å². The zero-order valence-electron chi connectivity index (χ0n) is 12.3. The van der Waals surface area contributed by atoms with E-state index in [0.29, 0.717) is 18.1 Å². The molecule has 1 amide bonds. The molecule has 0 aliphatic heterocycles. The second kappa shape index (κ2) is 7.64. The molecule has 1 aromatic heterocycles. The van der Waals surface area contributed by atoms with Crippen LogP contribution in [0.4, 0.5) is 4.79 Å². The van der Waals surface area contributed by atoms with E-state index < -0.39 is 12.2 Å². The molecule has 8 nitrogen and oxygen atoms in total.